The van der Waals surface area contributed by atoms with Crippen LogP contribution in [0.2, 0.25) is 5.28 Å². The Morgan fingerprint density at radius 3 is 2.52 bits per heavy atom. The van der Waals surface area contributed by atoms with E-state index in [4.69, 9.17) is 11.6 Å². The molecule has 1 amide bonds. The fraction of sp³-hybridized carbons (Fsp3) is 0.583. The Kier molecular flexibility index (Phi) is 4.55. The number of piperidine rings is 1. The van der Waals surface area contributed by atoms with Crippen LogP contribution in [0.25, 0.3) is 0 Å². The molecule has 9 heteroatoms. The monoisotopic (exact) mass is 322 g/mol. The predicted octanol–water partition coefficient (Wildman–Crippen LogP) is 2.25. The van der Waals surface area contributed by atoms with Gasteiger partial charge in [0.25, 0.3) is 0 Å². The van der Waals surface area contributed by atoms with E-state index < -0.39 is 17.2 Å². The Morgan fingerprint density at radius 1 is 1.38 bits per heavy atom. The Bertz CT molecular complexity index is 530. The van der Waals surface area contributed by atoms with Gasteiger partial charge in [-0.2, -0.15) is 13.2 Å². The molecule has 1 aliphatic heterocycles. The Morgan fingerprint density at radius 2 is 2.00 bits per heavy atom. The lowest BCUT2D eigenvalue weighted by Gasteiger charge is -2.33. The summed E-state index contributed by atoms with van der Waals surface area (Å²) in [6.45, 7) is 2.43. The maximum atomic E-state index is 12.7. The van der Waals surface area contributed by atoms with Crippen molar-refractivity contribution in [3.8, 4) is 0 Å². The average Bonchev–Trinajstić information content (AvgIpc) is 2.37. The highest BCUT2D eigenvalue weighted by molar-refractivity contribution is 6.28. The molecule has 1 aliphatic rings. The third kappa shape index (κ3) is 4.20. The molecule has 1 saturated heterocycles. The van der Waals surface area contributed by atoms with Crippen LogP contribution in [-0.4, -0.2) is 35.0 Å². The normalized spacial score (nSPS) is 16.9. The number of hydrogen-bond acceptors (Lipinski definition) is 4. The van der Waals surface area contributed by atoms with Crippen molar-refractivity contribution < 1.29 is 18.0 Å². The van der Waals surface area contributed by atoms with Gasteiger partial charge in [0, 0.05) is 32.1 Å². The lowest BCUT2D eigenvalue weighted by molar-refractivity contribution is -0.141. The number of alkyl halides is 3. The second-order valence-electron chi connectivity index (χ2n) is 4.84. The van der Waals surface area contributed by atoms with Gasteiger partial charge in [-0.25, -0.2) is 9.97 Å². The van der Waals surface area contributed by atoms with E-state index in [0.717, 1.165) is 6.07 Å². The first-order valence-electron chi connectivity index (χ1n) is 6.39. The molecule has 2 heterocycles. The molecule has 0 unspecified atom stereocenters. The largest absolute Gasteiger partial charge is 0.433 e. The van der Waals surface area contributed by atoms with Gasteiger partial charge in [-0.15, -0.1) is 0 Å². The van der Waals surface area contributed by atoms with E-state index in [2.05, 4.69) is 15.3 Å². The number of nitrogens with one attached hydrogen (secondary N) is 1. The van der Waals surface area contributed by atoms with Gasteiger partial charge < -0.3 is 10.2 Å². The number of carbonyl (C=O) groups excluding carboxylic acids is 1. The summed E-state index contributed by atoms with van der Waals surface area (Å²) in [4.78, 5) is 19.7. The first kappa shape index (κ1) is 15.8. The Labute approximate surface area is 124 Å². The summed E-state index contributed by atoms with van der Waals surface area (Å²) in [5.74, 6) is 0.0430. The number of amides is 1. The van der Waals surface area contributed by atoms with Crippen LogP contribution >= 0.6 is 11.6 Å². The molecule has 116 valence electrons. The number of anilines is 1. The first-order chi connectivity index (χ1) is 9.75. The maximum absolute atomic E-state index is 12.7. The highest BCUT2D eigenvalue weighted by atomic mass is 35.5. The fourth-order valence-corrected chi connectivity index (χ4v) is 2.43. The van der Waals surface area contributed by atoms with Crippen molar-refractivity contribution in [2.45, 2.75) is 32.0 Å². The maximum Gasteiger partial charge on any atom is 0.433 e. The summed E-state index contributed by atoms with van der Waals surface area (Å²) in [6, 6.07) is 0.933. The molecule has 0 aromatic carbocycles. The topological polar surface area (TPSA) is 58.1 Å². The second-order valence-corrected chi connectivity index (χ2v) is 5.18. The highest BCUT2D eigenvalue weighted by Crippen LogP contribution is 2.31. The van der Waals surface area contributed by atoms with Gasteiger partial charge in [0.1, 0.15) is 5.82 Å². The van der Waals surface area contributed by atoms with Crippen LogP contribution in [-0.2, 0) is 11.0 Å². The third-order valence-corrected chi connectivity index (χ3v) is 3.37. The number of carbonyl (C=O) groups is 1. The number of halogens is 4. The zero-order valence-corrected chi connectivity index (χ0v) is 12.0. The summed E-state index contributed by atoms with van der Waals surface area (Å²) >= 11 is 5.57. The molecule has 0 aliphatic carbocycles. The van der Waals surface area contributed by atoms with Crippen LogP contribution in [0, 0.1) is 0 Å². The van der Waals surface area contributed by atoms with E-state index in [0.29, 0.717) is 25.9 Å². The van der Waals surface area contributed by atoms with Crippen LogP contribution in [0.15, 0.2) is 6.07 Å². The summed E-state index contributed by atoms with van der Waals surface area (Å²) in [6.07, 6.45) is -3.28. The van der Waals surface area contributed by atoms with E-state index in [9.17, 15) is 18.0 Å². The molecule has 1 aromatic heterocycles. The average molecular weight is 323 g/mol. The van der Waals surface area contributed by atoms with Gasteiger partial charge in [0.05, 0.1) is 0 Å². The quantitative estimate of drug-likeness (QED) is 0.849. The molecule has 21 heavy (non-hydrogen) atoms. The van der Waals surface area contributed by atoms with Crippen LogP contribution in [0.5, 0.6) is 0 Å². The van der Waals surface area contributed by atoms with Gasteiger partial charge in [-0.3, -0.25) is 4.79 Å². The van der Waals surface area contributed by atoms with Crippen LogP contribution in [0.3, 0.4) is 0 Å². The molecule has 0 radical (unpaired) electrons. The minimum atomic E-state index is -4.56. The molecule has 2 rings (SSSR count). The zero-order chi connectivity index (χ0) is 15.6. The van der Waals surface area contributed by atoms with Gasteiger partial charge in [-0.1, -0.05) is 0 Å². The number of rotatable bonds is 2. The SMILES string of the molecule is CC(=O)NC1CCN(c2cc(C(F)(F)F)nc(Cl)n2)CC1. The Hall–Kier alpha value is -1.57. The Balaban J connectivity index is 2.10. The number of hydrogen-bond donors (Lipinski definition) is 1. The molecule has 1 fully saturated rings. The molecule has 0 atom stereocenters. The molecule has 1 N–H and O–H groups in total. The lowest BCUT2D eigenvalue weighted by atomic mass is 10.1. The van der Waals surface area contributed by atoms with Crippen molar-refractivity contribution in [2.75, 3.05) is 18.0 Å². The second kappa shape index (κ2) is 6.05. The third-order valence-electron chi connectivity index (χ3n) is 3.20. The number of aromatic nitrogens is 2. The minimum absolute atomic E-state index is 0.0399. The molecular formula is C12H14ClF3N4O. The van der Waals surface area contributed by atoms with Crippen molar-refractivity contribution in [2.24, 2.45) is 0 Å². The molecule has 1 aromatic rings. The summed E-state index contributed by atoms with van der Waals surface area (Å²) in [7, 11) is 0. The van der Waals surface area contributed by atoms with Crippen molar-refractivity contribution in [1.82, 2.24) is 15.3 Å². The van der Waals surface area contributed by atoms with Gasteiger partial charge >= 0.3 is 6.18 Å². The van der Waals surface area contributed by atoms with E-state index in [1.54, 1.807) is 4.90 Å². The summed E-state index contributed by atoms with van der Waals surface area (Å²) in [5.41, 5.74) is -1.05. The molecule has 5 nitrogen and oxygen atoms in total. The fourth-order valence-electron chi connectivity index (χ4n) is 2.25. The van der Waals surface area contributed by atoms with Gasteiger partial charge in [-0.05, 0) is 24.4 Å². The minimum Gasteiger partial charge on any atom is -0.356 e. The zero-order valence-electron chi connectivity index (χ0n) is 11.2. The van der Waals surface area contributed by atoms with Gasteiger partial charge in [0.2, 0.25) is 11.2 Å². The van der Waals surface area contributed by atoms with E-state index in [-0.39, 0.29) is 17.8 Å². The molecule has 0 spiro atoms. The standard InChI is InChI=1S/C12H14ClF3N4O/c1-7(21)17-8-2-4-20(5-3-8)10-6-9(12(14,15)16)18-11(13)19-10/h6,8H,2-5H2,1H3,(H,17,21). The summed E-state index contributed by atoms with van der Waals surface area (Å²) < 4.78 is 38.1. The van der Waals surface area contributed by atoms with Gasteiger partial charge in [0.15, 0.2) is 5.69 Å². The molecule has 0 bridgehead atoms. The highest BCUT2D eigenvalue weighted by Gasteiger charge is 2.34. The first-order valence-corrected chi connectivity index (χ1v) is 6.77. The lowest BCUT2D eigenvalue weighted by Crippen LogP contribution is -2.44. The van der Waals surface area contributed by atoms with Crippen molar-refractivity contribution in [1.29, 1.82) is 0 Å². The van der Waals surface area contributed by atoms with Crippen molar-refractivity contribution >= 4 is 23.3 Å². The van der Waals surface area contributed by atoms with E-state index in [1.807, 2.05) is 0 Å². The van der Waals surface area contributed by atoms with Crippen molar-refractivity contribution in [3.05, 3.63) is 17.0 Å². The summed E-state index contributed by atoms with van der Waals surface area (Å²) in [5, 5.41) is 2.37. The van der Waals surface area contributed by atoms with Crippen LogP contribution < -0.4 is 10.2 Å². The smallest absolute Gasteiger partial charge is 0.356 e. The van der Waals surface area contributed by atoms with Crippen LogP contribution in [0.4, 0.5) is 19.0 Å². The molecule has 0 saturated carbocycles. The predicted molar refractivity (Wildman–Crippen MR) is 71.1 cm³/mol. The van der Waals surface area contributed by atoms with E-state index >= 15 is 0 Å². The number of nitrogens with zero attached hydrogens (tertiary/aromatic N) is 3. The van der Waals surface area contributed by atoms with E-state index in [1.165, 1.54) is 6.92 Å². The van der Waals surface area contributed by atoms with Crippen molar-refractivity contribution in [3.63, 3.8) is 0 Å². The van der Waals surface area contributed by atoms with Crippen LogP contribution in [0.1, 0.15) is 25.5 Å². The molecular weight excluding hydrogens is 309 g/mol.